The zero-order valence-corrected chi connectivity index (χ0v) is 13.0. The molecule has 1 N–H and O–H groups in total. The van der Waals surface area contributed by atoms with E-state index in [9.17, 15) is 14.1 Å². The molecule has 5 nitrogen and oxygen atoms in total. The number of halogens is 1. The van der Waals surface area contributed by atoms with Crippen molar-refractivity contribution < 1.29 is 19.1 Å². The average Bonchev–Trinajstić information content (AvgIpc) is 2.46. The van der Waals surface area contributed by atoms with E-state index in [4.69, 9.17) is 4.74 Å². The van der Waals surface area contributed by atoms with Crippen molar-refractivity contribution in [3.8, 4) is 0 Å². The van der Waals surface area contributed by atoms with Gasteiger partial charge in [0.15, 0.2) is 0 Å². The molecule has 118 valence electrons. The molecule has 1 aliphatic heterocycles. The number of nitrogens with one attached hydrogen (secondary N) is 1. The van der Waals surface area contributed by atoms with Crippen molar-refractivity contribution in [2.24, 2.45) is 0 Å². The Bertz CT molecular complexity index is 620. The first-order valence-corrected chi connectivity index (χ1v) is 7.15. The number of nitroso groups, excluding NO2 is 1. The van der Waals surface area contributed by atoms with Crippen molar-refractivity contribution >= 4 is 17.4 Å². The summed E-state index contributed by atoms with van der Waals surface area (Å²) in [5.41, 5.74) is 0.951. The minimum Gasteiger partial charge on any atom is -0.444 e. The molecule has 1 aromatic rings. The minimum absolute atomic E-state index is 0.312. The average molecular weight is 307 g/mol. The van der Waals surface area contributed by atoms with Crippen LogP contribution < -0.4 is 5.18 Å². The lowest BCUT2D eigenvalue weighted by Gasteiger charge is -2.29. The molecule has 1 aromatic carbocycles. The van der Waals surface area contributed by atoms with E-state index in [1.54, 1.807) is 16.2 Å². The fourth-order valence-corrected chi connectivity index (χ4v) is 2.24. The molecule has 0 saturated heterocycles. The molecule has 0 aromatic heterocycles. The molecule has 0 spiro atoms. The van der Waals surface area contributed by atoms with E-state index in [1.165, 1.54) is 18.2 Å². The van der Waals surface area contributed by atoms with E-state index >= 15 is 0 Å². The number of ether oxygens (including phenoxy) is 1. The lowest BCUT2D eigenvalue weighted by atomic mass is 9.98. The largest absolute Gasteiger partial charge is 0.444 e. The molecule has 2 rings (SSSR count). The highest BCUT2D eigenvalue weighted by molar-refractivity contribution is 5.73. The number of hydrogen-bond donors (Lipinski definition) is 1. The predicted octanol–water partition coefficient (Wildman–Crippen LogP) is 2.33. The maximum absolute atomic E-state index is 13.9. The fraction of sp³-hybridized carbons (Fsp3) is 0.438. The molecule has 0 aliphatic carbocycles. The van der Waals surface area contributed by atoms with Crippen LogP contribution in [-0.2, 0) is 4.74 Å². The van der Waals surface area contributed by atoms with Gasteiger partial charge in [-0.3, -0.25) is 0 Å². The molecule has 22 heavy (non-hydrogen) atoms. The normalized spacial score (nSPS) is 15.3. The number of carbonyl (C=O) groups is 1. The molecule has 1 aliphatic rings. The Kier molecular flexibility index (Phi) is 4.59. The van der Waals surface area contributed by atoms with Crippen molar-refractivity contribution in [3.05, 3.63) is 40.6 Å². The molecule has 0 bridgehead atoms. The molecule has 0 fully saturated rings. The number of carbonyl (C=O) groups excluding carboxylic acids is 1. The molecule has 1 heterocycles. The summed E-state index contributed by atoms with van der Waals surface area (Å²) in [5, 5.41) is 1.76. The first-order valence-electron chi connectivity index (χ1n) is 7.15. The zero-order chi connectivity index (χ0) is 16.3. The topological polar surface area (TPSA) is 60.6 Å². The summed E-state index contributed by atoms with van der Waals surface area (Å²) in [4.78, 5) is 24.2. The van der Waals surface area contributed by atoms with Gasteiger partial charge in [-0.25, -0.2) is 9.18 Å². The summed E-state index contributed by atoms with van der Waals surface area (Å²) in [6.45, 7) is 6.25. The van der Waals surface area contributed by atoms with E-state index in [-0.39, 0.29) is 11.9 Å². The maximum Gasteiger partial charge on any atom is 0.410 e. The van der Waals surface area contributed by atoms with Crippen LogP contribution in [-0.4, -0.2) is 29.7 Å². The minimum atomic E-state index is -0.540. The highest BCUT2D eigenvalue weighted by Gasteiger charge is 2.24. The highest BCUT2D eigenvalue weighted by Crippen LogP contribution is 2.26. The summed E-state index contributed by atoms with van der Waals surface area (Å²) < 4.78 is 19.2. The van der Waals surface area contributed by atoms with Gasteiger partial charge in [0.05, 0.1) is 0 Å². The third-order valence-corrected chi connectivity index (χ3v) is 3.29. The molecular weight excluding hydrogens is 287 g/mol. The smallest absolute Gasteiger partial charge is 0.410 e. The number of nitrogens with zero attached hydrogens (tertiary/aromatic N) is 1. The van der Waals surface area contributed by atoms with Crippen LogP contribution in [0, 0.1) is 10.7 Å². The Morgan fingerprint density at radius 3 is 2.64 bits per heavy atom. The quantitative estimate of drug-likeness (QED) is 0.912. The van der Waals surface area contributed by atoms with Gasteiger partial charge in [0.1, 0.15) is 11.4 Å². The summed E-state index contributed by atoms with van der Waals surface area (Å²) in [6.07, 6.45) is 1.93. The zero-order valence-electron chi connectivity index (χ0n) is 13.0. The molecule has 0 saturated carbocycles. The van der Waals surface area contributed by atoms with Crippen LogP contribution in [0.5, 0.6) is 0 Å². The number of amides is 1. The van der Waals surface area contributed by atoms with E-state index in [0.717, 1.165) is 5.57 Å². The summed E-state index contributed by atoms with van der Waals surface area (Å²) in [7, 11) is 0. The Balaban J connectivity index is 2.12. The fourth-order valence-electron chi connectivity index (χ4n) is 2.24. The van der Waals surface area contributed by atoms with Crippen LogP contribution in [0.2, 0.25) is 0 Å². The van der Waals surface area contributed by atoms with Crippen LogP contribution in [0.3, 0.4) is 0 Å². The molecule has 0 radical (unpaired) electrons. The van der Waals surface area contributed by atoms with Gasteiger partial charge in [-0.05, 0) is 38.8 Å². The van der Waals surface area contributed by atoms with Gasteiger partial charge in [0.2, 0.25) is 0 Å². The van der Waals surface area contributed by atoms with Crippen molar-refractivity contribution in [2.45, 2.75) is 32.8 Å². The third-order valence-electron chi connectivity index (χ3n) is 3.29. The summed E-state index contributed by atoms with van der Waals surface area (Å²) in [6, 6.07) is 4.14. The summed E-state index contributed by atoms with van der Waals surface area (Å²) in [5.74, 6) is -0.379. The second kappa shape index (κ2) is 6.25. The summed E-state index contributed by atoms with van der Waals surface area (Å²) >= 11 is 0. The predicted molar refractivity (Wildman–Crippen MR) is 80.8 cm³/mol. The standard InChI is InChI=1S/C16H19FN2O3/c1-16(2,3)22-15(20)19-8-6-11(7-9-19)13-10-12(18-21)4-5-14(13)17/h4-6,10H,7-9H2,1-3H3/p+1. The van der Waals surface area contributed by atoms with Crippen molar-refractivity contribution in [1.82, 2.24) is 4.90 Å². The molecule has 0 atom stereocenters. The van der Waals surface area contributed by atoms with Crippen LogP contribution in [0.25, 0.3) is 5.57 Å². The Hall–Kier alpha value is -2.24. The van der Waals surface area contributed by atoms with E-state index in [0.29, 0.717) is 30.8 Å². The van der Waals surface area contributed by atoms with Gasteiger partial charge < -0.3 is 9.64 Å². The van der Waals surface area contributed by atoms with Crippen LogP contribution in [0.15, 0.2) is 24.3 Å². The molecule has 6 heteroatoms. The number of benzene rings is 1. The van der Waals surface area contributed by atoms with Crippen LogP contribution in [0.1, 0.15) is 32.8 Å². The first-order chi connectivity index (χ1) is 10.3. The Morgan fingerprint density at radius 1 is 1.36 bits per heavy atom. The van der Waals surface area contributed by atoms with Gasteiger partial charge in [0, 0.05) is 40.9 Å². The number of hydrogen-bond acceptors (Lipinski definition) is 3. The van der Waals surface area contributed by atoms with Gasteiger partial charge >= 0.3 is 6.09 Å². The van der Waals surface area contributed by atoms with Crippen molar-refractivity contribution in [1.29, 1.82) is 0 Å². The molecule has 1 amide bonds. The van der Waals surface area contributed by atoms with Crippen molar-refractivity contribution in [2.75, 3.05) is 13.1 Å². The SMILES string of the molecule is CC(C)(C)OC(=O)N1CC=C(c2cc([NH+]=O)ccc2F)CC1. The molecular formula is C16H20FN2O3+. The van der Waals surface area contributed by atoms with E-state index in [2.05, 4.69) is 0 Å². The Morgan fingerprint density at radius 2 is 2.09 bits per heavy atom. The maximum atomic E-state index is 13.9. The van der Waals surface area contributed by atoms with Gasteiger partial charge in [-0.2, -0.15) is 0 Å². The van der Waals surface area contributed by atoms with Gasteiger partial charge in [0.25, 0.3) is 5.69 Å². The monoisotopic (exact) mass is 307 g/mol. The second-order valence-electron chi connectivity index (χ2n) is 6.20. The van der Waals surface area contributed by atoms with E-state index < -0.39 is 5.60 Å². The van der Waals surface area contributed by atoms with E-state index in [1.807, 2.05) is 20.8 Å². The highest BCUT2D eigenvalue weighted by atomic mass is 19.1. The lowest BCUT2D eigenvalue weighted by Crippen LogP contribution is -2.55. The first kappa shape index (κ1) is 16.1. The molecule has 0 unspecified atom stereocenters. The number of rotatable bonds is 2. The van der Waals surface area contributed by atoms with Crippen LogP contribution in [0.4, 0.5) is 14.9 Å². The van der Waals surface area contributed by atoms with Gasteiger partial charge in [-0.15, -0.1) is 0 Å². The van der Waals surface area contributed by atoms with Gasteiger partial charge in [-0.1, -0.05) is 6.08 Å². The second-order valence-corrected chi connectivity index (χ2v) is 6.20. The Labute approximate surface area is 128 Å². The lowest BCUT2D eigenvalue weighted by molar-refractivity contribution is -0.379. The third kappa shape index (κ3) is 3.90. The van der Waals surface area contributed by atoms with Crippen LogP contribution >= 0.6 is 0 Å². The van der Waals surface area contributed by atoms with Crippen molar-refractivity contribution in [3.63, 3.8) is 0 Å².